The van der Waals surface area contributed by atoms with Crippen molar-refractivity contribution in [2.45, 2.75) is 25.4 Å². The number of alkyl halides is 3. The predicted octanol–water partition coefficient (Wildman–Crippen LogP) is 5.56. The third-order valence-electron chi connectivity index (χ3n) is 5.07. The highest BCUT2D eigenvalue weighted by Gasteiger charge is 2.36. The fourth-order valence-corrected chi connectivity index (χ4v) is 3.61. The average molecular weight is 421 g/mol. The zero-order chi connectivity index (χ0) is 21.3. The van der Waals surface area contributed by atoms with Gasteiger partial charge in [0.1, 0.15) is 11.6 Å². The third-order valence-corrected chi connectivity index (χ3v) is 5.07. The van der Waals surface area contributed by atoms with Crippen LogP contribution in [0.15, 0.2) is 40.9 Å². The van der Waals surface area contributed by atoms with Crippen molar-refractivity contribution in [3.8, 4) is 28.6 Å². The van der Waals surface area contributed by atoms with E-state index >= 15 is 0 Å². The summed E-state index contributed by atoms with van der Waals surface area (Å²) in [5.74, 6) is -0.274. The van der Waals surface area contributed by atoms with Gasteiger partial charge >= 0.3 is 6.18 Å². The fourth-order valence-electron chi connectivity index (χ4n) is 3.61. The molecule has 0 saturated carbocycles. The summed E-state index contributed by atoms with van der Waals surface area (Å²) >= 11 is 0. The molecule has 1 saturated heterocycles. The molecule has 0 spiro atoms. The van der Waals surface area contributed by atoms with E-state index in [0.29, 0.717) is 18.8 Å². The van der Waals surface area contributed by atoms with Gasteiger partial charge in [0.2, 0.25) is 5.82 Å². The summed E-state index contributed by atoms with van der Waals surface area (Å²) in [6.45, 7) is 1.18. The molecule has 0 unspecified atom stereocenters. The van der Waals surface area contributed by atoms with Crippen molar-refractivity contribution in [1.29, 1.82) is 0 Å². The number of nitrogens with zero attached hydrogens (tertiary/aromatic N) is 3. The Morgan fingerprint density at radius 1 is 1.03 bits per heavy atom. The lowest BCUT2D eigenvalue weighted by Crippen LogP contribution is -2.31. The molecule has 0 amide bonds. The van der Waals surface area contributed by atoms with Gasteiger partial charge in [0, 0.05) is 24.3 Å². The highest BCUT2D eigenvalue weighted by Crippen LogP contribution is 2.40. The molecule has 0 atom stereocenters. The van der Waals surface area contributed by atoms with Crippen LogP contribution in [-0.4, -0.2) is 30.3 Å². The van der Waals surface area contributed by atoms with Crippen LogP contribution in [0.1, 0.15) is 24.8 Å². The quantitative estimate of drug-likeness (QED) is 0.516. The van der Waals surface area contributed by atoms with Crippen molar-refractivity contribution in [3.05, 3.63) is 47.8 Å². The number of halogens is 4. The minimum absolute atomic E-state index is 0.0232. The number of hydrogen-bond acceptors (Lipinski definition) is 5. The van der Waals surface area contributed by atoms with E-state index in [1.54, 1.807) is 4.90 Å². The molecule has 0 bridgehead atoms. The van der Waals surface area contributed by atoms with Crippen LogP contribution >= 0.6 is 0 Å². The number of piperidine rings is 1. The molecular formula is C21H19F4N3O2. The highest BCUT2D eigenvalue weighted by molar-refractivity contribution is 5.68. The first kappa shape index (κ1) is 20.2. The minimum Gasteiger partial charge on any atom is -0.496 e. The van der Waals surface area contributed by atoms with Gasteiger partial charge in [-0.15, -0.1) is 0 Å². The summed E-state index contributed by atoms with van der Waals surface area (Å²) in [5.41, 5.74) is -0.215. The molecule has 1 fully saturated rings. The van der Waals surface area contributed by atoms with Crippen LogP contribution in [0.25, 0.3) is 22.8 Å². The van der Waals surface area contributed by atoms with Crippen molar-refractivity contribution in [1.82, 2.24) is 10.1 Å². The van der Waals surface area contributed by atoms with Crippen molar-refractivity contribution < 1.29 is 26.8 Å². The first-order valence-electron chi connectivity index (χ1n) is 9.51. The zero-order valence-electron chi connectivity index (χ0n) is 16.2. The lowest BCUT2D eigenvalue weighted by Gasteiger charge is -2.31. The number of benzene rings is 2. The van der Waals surface area contributed by atoms with Gasteiger partial charge in [0.25, 0.3) is 5.89 Å². The molecule has 4 rings (SSSR count). The molecule has 0 radical (unpaired) electrons. The summed E-state index contributed by atoms with van der Waals surface area (Å²) in [4.78, 5) is 5.92. The molecule has 2 heterocycles. The van der Waals surface area contributed by atoms with E-state index in [-0.39, 0.29) is 28.5 Å². The standard InChI is InChI=1S/C21H19F4N3O2/c1-29-18-8-6-14(22)12-15(18)19-26-20(30-27-19)13-5-7-17(16(11-13)21(23,24)25)28-9-3-2-4-10-28/h5-8,11-12H,2-4,9-10H2,1H3. The molecule has 5 nitrogen and oxygen atoms in total. The Morgan fingerprint density at radius 3 is 2.50 bits per heavy atom. The van der Waals surface area contributed by atoms with Gasteiger partial charge in [-0.1, -0.05) is 5.16 Å². The summed E-state index contributed by atoms with van der Waals surface area (Å²) in [5, 5.41) is 3.79. The van der Waals surface area contributed by atoms with E-state index in [1.807, 2.05) is 0 Å². The van der Waals surface area contributed by atoms with Gasteiger partial charge in [-0.3, -0.25) is 0 Å². The van der Waals surface area contributed by atoms with E-state index in [1.165, 1.54) is 37.4 Å². The summed E-state index contributed by atoms with van der Waals surface area (Å²) in [7, 11) is 1.41. The van der Waals surface area contributed by atoms with E-state index in [2.05, 4.69) is 10.1 Å². The molecule has 30 heavy (non-hydrogen) atoms. The summed E-state index contributed by atoms with van der Waals surface area (Å²) in [6.07, 6.45) is -1.79. The van der Waals surface area contributed by atoms with E-state index < -0.39 is 17.6 Å². The van der Waals surface area contributed by atoms with Crippen LogP contribution in [0.5, 0.6) is 5.75 Å². The molecule has 9 heteroatoms. The molecule has 0 aliphatic carbocycles. The maximum Gasteiger partial charge on any atom is 0.418 e. The number of hydrogen-bond donors (Lipinski definition) is 0. The number of ether oxygens (including phenoxy) is 1. The van der Waals surface area contributed by atoms with Crippen molar-refractivity contribution in [2.75, 3.05) is 25.1 Å². The van der Waals surface area contributed by atoms with Gasteiger partial charge < -0.3 is 14.2 Å². The lowest BCUT2D eigenvalue weighted by atomic mass is 10.0. The molecule has 3 aromatic rings. The summed E-state index contributed by atoms with van der Waals surface area (Å²) < 4.78 is 65.3. The Morgan fingerprint density at radius 2 is 1.80 bits per heavy atom. The minimum atomic E-state index is -4.53. The first-order valence-corrected chi connectivity index (χ1v) is 9.51. The summed E-state index contributed by atoms with van der Waals surface area (Å²) in [6, 6.07) is 7.79. The van der Waals surface area contributed by atoms with Crippen LogP contribution in [-0.2, 0) is 6.18 Å². The largest absolute Gasteiger partial charge is 0.496 e. The monoisotopic (exact) mass is 421 g/mol. The molecule has 158 valence electrons. The molecular weight excluding hydrogens is 402 g/mol. The Balaban J connectivity index is 1.73. The fraction of sp³-hybridized carbons (Fsp3) is 0.333. The Kier molecular flexibility index (Phi) is 5.36. The molecule has 0 N–H and O–H groups in total. The first-order chi connectivity index (χ1) is 14.4. The maximum absolute atomic E-state index is 13.8. The van der Waals surface area contributed by atoms with Crippen molar-refractivity contribution in [3.63, 3.8) is 0 Å². The van der Waals surface area contributed by atoms with Gasteiger partial charge in [-0.2, -0.15) is 18.2 Å². The van der Waals surface area contributed by atoms with Crippen LogP contribution in [0.4, 0.5) is 23.2 Å². The number of methoxy groups -OCH3 is 1. The smallest absolute Gasteiger partial charge is 0.418 e. The van der Waals surface area contributed by atoms with Gasteiger partial charge in [-0.25, -0.2) is 4.39 Å². The van der Waals surface area contributed by atoms with Gasteiger partial charge in [0.15, 0.2) is 0 Å². The average Bonchev–Trinajstić information content (AvgIpc) is 3.23. The predicted molar refractivity (Wildman–Crippen MR) is 103 cm³/mol. The van der Waals surface area contributed by atoms with Crippen LogP contribution in [0.3, 0.4) is 0 Å². The van der Waals surface area contributed by atoms with Crippen LogP contribution < -0.4 is 9.64 Å². The van der Waals surface area contributed by atoms with E-state index in [0.717, 1.165) is 25.3 Å². The third kappa shape index (κ3) is 3.96. The van der Waals surface area contributed by atoms with Gasteiger partial charge in [-0.05, 0) is 55.7 Å². The molecule has 1 aromatic heterocycles. The van der Waals surface area contributed by atoms with Gasteiger partial charge in [0.05, 0.1) is 18.2 Å². The Labute approximate surface area is 170 Å². The SMILES string of the molecule is COc1ccc(F)cc1-c1noc(-c2ccc(N3CCCCC3)c(C(F)(F)F)c2)n1. The second kappa shape index (κ2) is 7.97. The second-order valence-electron chi connectivity index (χ2n) is 7.05. The topological polar surface area (TPSA) is 51.4 Å². The van der Waals surface area contributed by atoms with Crippen molar-refractivity contribution >= 4 is 5.69 Å². The van der Waals surface area contributed by atoms with Crippen molar-refractivity contribution in [2.24, 2.45) is 0 Å². The van der Waals surface area contributed by atoms with Crippen LogP contribution in [0, 0.1) is 5.82 Å². The van der Waals surface area contributed by atoms with E-state index in [4.69, 9.17) is 9.26 Å². The number of rotatable bonds is 4. The number of anilines is 1. The Hall–Kier alpha value is -3.10. The molecule has 1 aliphatic heterocycles. The maximum atomic E-state index is 13.8. The number of aromatic nitrogens is 2. The molecule has 1 aliphatic rings. The molecule has 2 aromatic carbocycles. The van der Waals surface area contributed by atoms with Crippen LogP contribution in [0.2, 0.25) is 0 Å². The normalized spacial score (nSPS) is 14.8. The van der Waals surface area contributed by atoms with E-state index in [9.17, 15) is 17.6 Å². The zero-order valence-corrected chi connectivity index (χ0v) is 16.2. The Bertz CT molecular complexity index is 1040. The highest BCUT2D eigenvalue weighted by atomic mass is 19.4. The lowest BCUT2D eigenvalue weighted by molar-refractivity contribution is -0.137. The second-order valence-corrected chi connectivity index (χ2v) is 7.05.